The molecule has 0 radical (unpaired) electrons. The highest BCUT2D eigenvalue weighted by atomic mass is 16.1. The fourth-order valence-electron chi connectivity index (χ4n) is 1.70. The van der Waals surface area contributed by atoms with Gasteiger partial charge in [0.25, 0.3) is 0 Å². The minimum atomic E-state index is 0.188. The van der Waals surface area contributed by atoms with Crippen molar-refractivity contribution in [3.05, 3.63) is 47.2 Å². The molecule has 3 heteroatoms. The second-order valence-electron chi connectivity index (χ2n) is 3.80. The molecular formula is C13H12N2O. The van der Waals surface area contributed by atoms with Gasteiger partial charge in [-0.3, -0.25) is 4.79 Å². The Kier molecular flexibility index (Phi) is 3.02. The molecule has 0 amide bonds. The average molecular weight is 212 g/mol. The van der Waals surface area contributed by atoms with Gasteiger partial charge in [0.2, 0.25) is 0 Å². The van der Waals surface area contributed by atoms with Crippen LogP contribution in [0.1, 0.15) is 24.0 Å². The van der Waals surface area contributed by atoms with Crippen LogP contribution in [0.4, 0.5) is 0 Å². The minimum Gasteiger partial charge on any atom is -0.384 e. The van der Waals surface area contributed by atoms with Gasteiger partial charge in [-0.05, 0) is 24.1 Å². The molecule has 1 aromatic carbocycles. The molecule has 2 rings (SSSR count). The van der Waals surface area contributed by atoms with E-state index in [1.165, 1.54) is 0 Å². The summed E-state index contributed by atoms with van der Waals surface area (Å²) in [6.07, 6.45) is 3.07. The van der Waals surface area contributed by atoms with Crippen LogP contribution in [0.25, 0.3) is 0 Å². The topological polar surface area (TPSA) is 52.9 Å². The summed E-state index contributed by atoms with van der Waals surface area (Å²) in [6.45, 7) is 0.661. The summed E-state index contributed by atoms with van der Waals surface area (Å²) in [4.78, 5) is 11.0. The quantitative estimate of drug-likeness (QED) is 0.832. The van der Waals surface area contributed by atoms with Crippen LogP contribution in [0, 0.1) is 11.3 Å². The van der Waals surface area contributed by atoms with E-state index in [1.807, 2.05) is 18.2 Å². The molecule has 0 saturated heterocycles. The number of rotatable bonds is 3. The van der Waals surface area contributed by atoms with E-state index in [-0.39, 0.29) is 5.78 Å². The first-order valence-corrected chi connectivity index (χ1v) is 5.24. The largest absolute Gasteiger partial charge is 0.384 e. The van der Waals surface area contributed by atoms with Crippen molar-refractivity contribution in [2.24, 2.45) is 0 Å². The van der Waals surface area contributed by atoms with Crippen molar-refractivity contribution in [3.8, 4) is 6.07 Å². The maximum absolute atomic E-state index is 11.0. The third kappa shape index (κ3) is 2.48. The zero-order valence-corrected chi connectivity index (χ0v) is 8.86. The lowest BCUT2D eigenvalue weighted by atomic mass is 10.1. The van der Waals surface area contributed by atoms with Gasteiger partial charge in [-0.1, -0.05) is 12.1 Å². The Morgan fingerprint density at radius 3 is 2.94 bits per heavy atom. The van der Waals surface area contributed by atoms with Gasteiger partial charge in [0.05, 0.1) is 11.6 Å². The summed E-state index contributed by atoms with van der Waals surface area (Å²) in [5.74, 6) is 0.188. The van der Waals surface area contributed by atoms with E-state index in [1.54, 1.807) is 12.1 Å². The Bertz CT molecular complexity index is 483. The third-order valence-electron chi connectivity index (χ3n) is 2.55. The van der Waals surface area contributed by atoms with Gasteiger partial charge in [-0.15, -0.1) is 0 Å². The molecule has 0 bridgehead atoms. The summed E-state index contributed by atoms with van der Waals surface area (Å²) in [5, 5.41) is 12.0. The van der Waals surface area contributed by atoms with Crippen LogP contribution in [0.2, 0.25) is 0 Å². The van der Waals surface area contributed by atoms with Crippen LogP contribution in [0.3, 0.4) is 0 Å². The van der Waals surface area contributed by atoms with E-state index in [0.29, 0.717) is 18.5 Å². The number of carbonyl (C=O) groups excluding carboxylic acids is 1. The summed E-state index contributed by atoms with van der Waals surface area (Å²) in [5.41, 5.74) is 2.71. The van der Waals surface area contributed by atoms with Crippen LogP contribution in [0.15, 0.2) is 36.0 Å². The Morgan fingerprint density at radius 1 is 1.38 bits per heavy atom. The van der Waals surface area contributed by atoms with Crippen molar-refractivity contribution >= 4 is 5.78 Å². The average Bonchev–Trinajstić information content (AvgIpc) is 2.73. The zero-order chi connectivity index (χ0) is 11.4. The molecular weight excluding hydrogens is 200 g/mol. The number of hydrogen-bond acceptors (Lipinski definition) is 3. The molecule has 0 unspecified atom stereocenters. The van der Waals surface area contributed by atoms with E-state index < -0.39 is 0 Å². The van der Waals surface area contributed by atoms with Crippen LogP contribution < -0.4 is 5.32 Å². The molecule has 0 fully saturated rings. The fourth-order valence-corrected chi connectivity index (χ4v) is 1.70. The highest BCUT2D eigenvalue weighted by molar-refractivity contribution is 5.92. The third-order valence-corrected chi connectivity index (χ3v) is 2.55. The fraction of sp³-hybridized carbons (Fsp3) is 0.231. The van der Waals surface area contributed by atoms with E-state index in [0.717, 1.165) is 17.7 Å². The minimum absolute atomic E-state index is 0.188. The second-order valence-corrected chi connectivity index (χ2v) is 3.80. The van der Waals surface area contributed by atoms with Crippen molar-refractivity contribution in [2.45, 2.75) is 19.4 Å². The van der Waals surface area contributed by atoms with E-state index in [9.17, 15) is 4.79 Å². The van der Waals surface area contributed by atoms with Gasteiger partial charge in [0, 0.05) is 24.7 Å². The molecule has 1 aromatic rings. The lowest BCUT2D eigenvalue weighted by Gasteiger charge is -2.06. The van der Waals surface area contributed by atoms with Gasteiger partial charge < -0.3 is 5.32 Å². The Morgan fingerprint density at radius 2 is 2.25 bits per heavy atom. The number of benzene rings is 1. The Balaban J connectivity index is 1.97. The van der Waals surface area contributed by atoms with Crippen molar-refractivity contribution in [2.75, 3.05) is 0 Å². The van der Waals surface area contributed by atoms with Gasteiger partial charge in [-0.25, -0.2) is 0 Å². The number of nitrogens with one attached hydrogen (secondary N) is 1. The number of nitriles is 1. The lowest BCUT2D eigenvalue weighted by Crippen LogP contribution is -2.11. The first-order chi connectivity index (χ1) is 7.78. The summed E-state index contributed by atoms with van der Waals surface area (Å²) in [6, 6.07) is 9.57. The number of carbonyl (C=O) groups is 1. The van der Waals surface area contributed by atoms with Crippen molar-refractivity contribution < 1.29 is 4.79 Å². The molecule has 0 aliphatic heterocycles. The molecule has 16 heavy (non-hydrogen) atoms. The Labute approximate surface area is 94.4 Å². The highest BCUT2D eigenvalue weighted by Crippen LogP contribution is 2.13. The van der Waals surface area contributed by atoms with Crippen LogP contribution in [-0.4, -0.2) is 5.78 Å². The molecule has 0 saturated carbocycles. The monoisotopic (exact) mass is 212 g/mol. The predicted octanol–water partition coefficient (Wildman–Crippen LogP) is 1.89. The number of nitrogens with zero attached hydrogens (tertiary/aromatic N) is 1. The first kappa shape index (κ1) is 10.4. The maximum atomic E-state index is 11.0. The predicted molar refractivity (Wildman–Crippen MR) is 60.3 cm³/mol. The second kappa shape index (κ2) is 4.63. The van der Waals surface area contributed by atoms with Gasteiger partial charge >= 0.3 is 0 Å². The molecule has 0 spiro atoms. The molecule has 0 heterocycles. The number of ketones is 1. The smallest absolute Gasteiger partial charge is 0.157 e. The molecule has 1 aliphatic rings. The molecule has 1 aliphatic carbocycles. The van der Waals surface area contributed by atoms with Crippen LogP contribution in [-0.2, 0) is 11.3 Å². The molecule has 0 atom stereocenters. The summed E-state index contributed by atoms with van der Waals surface area (Å²) in [7, 11) is 0. The van der Waals surface area contributed by atoms with Crippen molar-refractivity contribution in [3.63, 3.8) is 0 Å². The lowest BCUT2D eigenvalue weighted by molar-refractivity contribution is -0.114. The standard InChI is InChI=1S/C13H12N2O/c14-8-10-2-1-3-11(6-10)9-15-12-4-5-13(16)7-12/h1-3,6-7,15H,4-5,9H2. The SMILES string of the molecule is N#Cc1cccc(CNC2=CC(=O)CC2)c1. The summed E-state index contributed by atoms with van der Waals surface area (Å²) < 4.78 is 0. The molecule has 1 N–H and O–H groups in total. The number of allylic oxidation sites excluding steroid dienone is 2. The summed E-state index contributed by atoms with van der Waals surface area (Å²) >= 11 is 0. The maximum Gasteiger partial charge on any atom is 0.157 e. The van der Waals surface area contributed by atoms with E-state index in [2.05, 4.69) is 11.4 Å². The molecule has 0 aromatic heterocycles. The number of hydrogen-bond donors (Lipinski definition) is 1. The zero-order valence-electron chi connectivity index (χ0n) is 8.86. The van der Waals surface area contributed by atoms with Gasteiger partial charge in [-0.2, -0.15) is 5.26 Å². The van der Waals surface area contributed by atoms with E-state index in [4.69, 9.17) is 5.26 Å². The molecule has 3 nitrogen and oxygen atoms in total. The van der Waals surface area contributed by atoms with Crippen molar-refractivity contribution in [1.29, 1.82) is 5.26 Å². The first-order valence-electron chi connectivity index (χ1n) is 5.24. The van der Waals surface area contributed by atoms with Gasteiger partial charge in [0.15, 0.2) is 5.78 Å². The van der Waals surface area contributed by atoms with Crippen LogP contribution >= 0.6 is 0 Å². The molecule has 80 valence electrons. The van der Waals surface area contributed by atoms with E-state index >= 15 is 0 Å². The normalized spacial score (nSPS) is 14.4. The van der Waals surface area contributed by atoms with Crippen LogP contribution in [0.5, 0.6) is 0 Å². The van der Waals surface area contributed by atoms with Crippen molar-refractivity contribution in [1.82, 2.24) is 5.32 Å². The highest BCUT2D eigenvalue weighted by Gasteiger charge is 2.10. The Hall–Kier alpha value is -2.08. The van der Waals surface area contributed by atoms with Gasteiger partial charge in [0.1, 0.15) is 0 Å².